The van der Waals surface area contributed by atoms with Gasteiger partial charge >= 0.3 is 0 Å². The van der Waals surface area contributed by atoms with Gasteiger partial charge in [-0.1, -0.05) is 19.8 Å². The average molecular weight is 427 g/mol. The molecular weight excluding hydrogens is 400 g/mol. The Kier molecular flexibility index (Phi) is 7.62. The molecule has 0 aliphatic carbocycles. The lowest BCUT2D eigenvalue weighted by molar-refractivity contribution is 0.306. The molecule has 0 bridgehead atoms. The highest BCUT2D eigenvalue weighted by Gasteiger charge is 2.12. The number of hydrogen-bond donors (Lipinski definition) is 1. The first kappa shape index (κ1) is 21.6. The topological polar surface area (TPSA) is 73.7 Å². The summed E-state index contributed by atoms with van der Waals surface area (Å²) >= 11 is 5.34. The van der Waals surface area contributed by atoms with Crippen molar-refractivity contribution in [2.45, 2.75) is 26.2 Å². The molecule has 3 aromatic rings. The van der Waals surface area contributed by atoms with Gasteiger partial charge in [0.25, 0.3) is 0 Å². The molecule has 0 unspecified atom stereocenters. The molecule has 3 rings (SSSR count). The number of unbranched alkanes of at least 4 members (excludes halogenated alkanes) is 2. The zero-order chi connectivity index (χ0) is 21.3. The molecule has 0 fully saturated rings. The first-order valence-corrected chi connectivity index (χ1v) is 10.2. The number of aromatic amines is 1. The lowest BCUT2D eigenvalue weighted by Crippen LogP contribution is -1.98. The van der Waals surface area contributed by atoms with E-state index in [-0.39, 0.29) is 0 Å². The Morgan fingerprint density at radius 3 is 2.53 bits per heavy atom. The summed E-state index contributed by atoms with van der Waals surface area (Å²) in [5, 5.41) is 11.6. The summed E-state index contributed by atoms with van der Waals surface area (Å²) in [5.74, 6) is 2.68. The summed E-state index contributed by atoms with van der Waals surface area (Å²) in [4.78, 5) is 0. The number of aromatic nitrogens is 3. The van der Waals surface area contributed by atoms with Crippen molar-refractivity contribution in [2.75, 3.05) is 20.8 Å². The highest BCUT2D eigenvalue weighted by atomic mass is 32.1. The van der Waals surface area contributed by atoms with E-state index in [1.165, 1.54) is 12.8 Å². The van der Waals surface area contributed by atoms with E-state index >= 15 is 0 Å². The minimum Gasteiger partial charge on any atom is -0.494 e. The number of rotatable bonds is 10. The molecule has 158 valence electrons. The standard InChI is InChI=1S/C22H26N4O3S/c1-4-5-6-13-29-18-10-7-16(8-11-18)15-23-26-21(24-25-22(26)30)17-9-12-19(27-2)20(14-17)28-3/h7-12,14-15H,4-6,13H2,1-3H3,(H,25,30)/b23-15-. The van der Waals surface area contributed by atoms with Gasteiger partial charge in [0.05, 0.1) is 27.0 Å². The van der Waals surface area contributed by atoms with Crippen molar-refractivity contribution in [3.63, 3.8) is 0 Å². The van der Waals surface area contributed by atoms with E-state index < -0.39 is 0 Å². The number of nitrogens with zero attached hydrogens (tertiary/aromatic N) is 3. The molecule has 1 aromatic heterocycles. The molecule has 0 aliphatic heterocycles. The molecule has 0 aliphatic rings. The van der Waals surface area contributed by atoms with Crippen LogP contribution in [0.2, 0.25) is 0 Å². The van der Waals surface area contributed by atoms with Crippen LogP contribution in [0.25, 0.3) is 11.4 Å². The second-order valence-corrected chi connectivity index (χ2v) is 6.99. The summed E-state index contributed by atoms with van der Waals surface area (Å²) in [6.45, 7) is 2.91. The number of nitrogens with one attached hydrogen (secondary N) is 1. The third-order valence-corrected chi connectivity index (χ3v) is 4.78. The Morgan fingerprint density at radius 2 is 1.83 bits per heavy atom. The molecular formula is C22H26N4O3S. The second kappa shape index (κ2) is 10.6. The predicted molar refractivity (Wildman–Crippen MR) is 120 cm³/mol. The van der Waals surface area contributed by atoms with Gasteiger partial charge in [-0.2, -0.15) is 14.9 Å². The summed E-state index contributed by atoms with van der Waals surface area (Å²) in [6, 6.07) is 13.3. The monoisotopic (exact) mass is 426 g/mol. The maximum absolute atomic E-state index is 5.75. The van der Waals surface area contributed by atoms with Gasteiger partial charge in [-0.05, 0) is 66.7 Å². The predicted octanol–water partition coefficient (Wildman–Crippen LogP) is 5.08. The molecule has 1 heterocycles. The molecule has 0 saturated carbocycles. The smallest absolute Gasteiger partial charge is 0.216 e. The molecule has 0 atom stereocenters. The Morgan fingerprint density at radius 1 is 1.07 bits per heavy atom. The maximum atomic E-state index is 5.75. The summed E-state index contributed by atoms with van der Waals surface area (Å²) in [7, 11) is 3.19. The van der Waals surface area contributed by atoms with Crippen LogP contribution in [0.1, 0.15) is 31.7 Å². The Hall–Kier alpha value is -3.13. The fourth-order valence-corrected chi connectivity index (χ4v) is 3.06. The Balaban J connectivity index is 1.77. The molecule has 1 N–H and O–H groups in total. The van der Waals surface area contributed by atoms with Gasteiger partial charge in [-0.25, -0.2) is 5.10 Å². The Bertz CT molecular complexity index is 1040. The van der Waals surface area contributed by atoms with E-state index in [0.717, 1.165) is 29.9 Å². The summed E-state index contributed by atoms with van der Waals surface area (Å²) < 4.78 is 18.4. The first-order valence-electron chi connectivity index (χ1n) is 9.83. The van der Waals surface area contributed by atoms with E-state index in [2.05, 4.69) is 22.2 Å². The second-order valence-electron chi connectivity index (χ2n) is 6.60. The van der Waals surface area contributed by atoms with Crippen molar-refractivity contribution in [1.82, 2.24) is 14.9 Å². The van der Waals surface area contributed by atoms with Gasteiger partial charge in [-0.15, -0.1) is 0 Å². The minimum atomic E-state index is 0.395. The SMILES string of the molecule is CCCCCOc1ccc(/C=N\n2c(-c3ccc(OC)c(OC)c3)n[nH]c2=S)cc1. The van der Waals surface area contributed by atoms with Crippen LogP contribution in [0.5, 0.6) is 17.2 Å². The van der Waals surface area contributed by atoms with Gasteiger partial charge in [0.1, 0.15) is 5.75 Å². The summed E-state index contributed by atoms with van der Waals surface area (Å²) in [5.41, 5.74) is 1.73. The molecule has 0 spiro atoms. The van der Waals surface area contributed by atoms with Gasteiger partial charge in [0.2, 0.25) is 4.77 Å². The van der Waals surface area contributed by atoms with Crippen LogP contribution < -0.4 is 14.2 Å². The van der Waals surface area contributed by atoms with Crippen LogP contribution in [0.15, 0.2) is 47.6 Å². The largest absolute Gasteiger partial charge is 0.494 e. The van der Waals surface area contributed by atoms with Gasteiger partial charge in [0.15, 0.2) is 17.3 Å². The highest BCUT2D eigenvalue weighted by Crippen LogP contribution is 2.31. The van der Waals surface area contributed by atoms with Crippen molar-refractivity contribution in [1.29, 1.82) is 0 Å². The van der Waals surface area contributed by atoms with Crippen LogP contribution in [0, 0.1) is 4.77 Å². The van der Waals surface area contributed by atoms with E-state index in [4.69, 9.17) is 26.4 Å². The molecule has 0 amide bonds. The fraction of sp³-hybridized carbons (Fsp3) is 0.318. The van der Waals surface area contributed by atoms with Gasteiger partial charge in [-0.3, -0.25) is 0 Å². The average Bonchev–Trinajstić information content (AvgIpc) is 3.15. The molecule has 0 radical (unpaired) electrons. The minimum absolute atomic E-state index is 0.395. The molecule has 0 saturated heterocycles. The van der Waals surface area contributed by atoms with Crippen LogP contribution in [-0.2, 0) is 0 Å². The number of benzene rings is 2. The lowest BCUT2D eigenvalue weighted by Gasteiger charge is -2.09. The van der Waals surface area contributed by atoms with Crippen LogP contribution in [-0.4, -0.2) is 41.9 Å². The van der Waals surface area contributed by atoms with Gasteiger partial charge < -0.3 is 14.2 Å². The zero-order valence-electron chi connectivity index (χ0n) is 17.4. The van der Waals surface area contributed by atoms with Crippen LogP contribution >= 0.6 is 12.2 Å². The number of H-pyrrole nitrogens is 1. The highest BCUT2D eigenvalue weighted by molar-refractivity contribution is 7.71. The third kappa shape index (κ3) is 5.27. The number of ether oxygens (including phenoxy) is 3. The molecule has 2 aromatic carbocycles. The van der Waals surface area contributed by atoms with E-state index in [1.54, 1.807) is 25.1 Å². The van der Waals surface area contributed by atoms with Crippen molar-refractivity contribution < 1.29 is 14.2 Å². The fourth-order valence-electron chi connectivity index (χ4n) is 2.88. The summed E-state index contributed by atoms with van der Waals surface area (Å²) in [6.07, 6.45) is 5.16. The zero-order valence-corrected chi connectivity index (χ0v) is 18.2. The lowest BCUT2D eigenvalue weighted by atomic mass is 10.2. The van der Waals surface area contributed by atoms with Crippen molar-refractivity contribution in [3.8, 4) is 28.6 Å². The van der Waals surface area contributed by atoms with Crippen LogP contribution in [0.4, 0.5) is 0 Å². The third-order valence-electron chi connectivity index (χ3n) is 4.51. The quantitative estimate of drug-likeness (QED) is 0.278. The molecule has 8 heteroatoms. The van der Waals surface area contributed by atoms with Crippen molar-refractivity contribution in [2.24, 2.45) is 5.10 Å². The van der Waals surface area contributed by atoms with Gasteiger partial charge in [0, 0.05) is 5.56 Å². The molecule has 7 nitrogen and oxygen atoms in total. The Labute approximate surface area is 181 Å². The first-order chi connectivity index (χ1) is 14.7. The van der Waals surface area contributed by atoms with E-state index in [0.29, 0.717) is 22.1 Å². The van der Waals surface area contributed by atoms with Crippen molar-refractivity contribution in [3.05, 3.63) is 52.8 Å². The maximum Gasteiger partial charge on any atom is 0.216 e. The van der Waals surface area contributed by atoms with E-state index in [9.17, 15) is 0 Å². The molecule has 30 heavy (non-hydrogen) atoms. The normalized spacial score (nSPS) is 11.0. The van der Waals surface area contributed by atoms with Crippen molar-refractivity contribution >= 4 is 18.4 Å². The number of methoxy groups -OCH3 is 2. The van der Waals surface area contributed by atoms with E-state index in [1.807, 2.05) is 42.5 Å². The van der Waals surface area contributed by atoms with Crippen LogP contribution in [0.3, 0.4) is 0 Å². The number of hydrogen-bond acceptors (Lipinski definition) is 6.